The quantitative estimate of drug-likeness (QED) is 0.814. The molecule has 2 saturated heterocycles. The zero-order chi connectivity index (χ0) is 18.9. The summed E-state index contributed by atoms with van der Waals surface area (Å²) < 4.78 is 8.19. The standard InChI is InChI=1S/C22H27N5O/c23-12-16-7-9-17(10-8-16)21-24-25-22(27(21)15-20-6-3-11-28-20)26-13-18-4-1-2-5-19(18)14-26/h7-10,18-20H,1-6,11,13-15H2. The first kappa shape index (κ1) is 17.7. The molecule has 6 nitrogen and oxygen atoms in total. The first-order chi connectivity index (χ1) is 13.8. The summed E-state index contributed by atoms with van der Waals surface area (Å²) in [6.45, 7) is 3.84. The van der Waals surface area contributed by atoms with Gasteiger partial charge >= 0.3 is 0 Å². The van der Waals surface area contributed by atoms with Crippen molar-refractivity contribution < 1.29 is 4.74 Å². The molecule has 2 aliphatic heterocycles. The van der Waals surface area contributed by atoms with Crippen molar-refractivity contribution in [3.8, 4) is 17.5 Å². The van der Waals surface area contributed by atoms with E-state index in [0.717, 1.165) is 68.3 Å². The number of hydrogen-bond donors (Lipinski definition) is 0. The molecule has 1 saturated carbocycles. The number of rotatable bonds is 4. The predicted molar refractivity (Wildman–Crippen MR) is 107 cm³/mol. The van der Waals surface area contributed by atoms with Crippen molar-refractivity contribution in [2.24, 2.45) is 11.8 Å². The van der Waals surface area contributed by atoms with Crippen LogP contribution in [0.3, 0.4) is 0 Å². The van der Waals surface area contributed by atoms with Crippen molar-refractivity contribution in [1.82, 2.24) is 14.8 Å². The van der Waals surface area contributed by atoms with Crippen LogP contribution in [0.25, 0.3) is 11.4 Å². The van der Waals surface area contributed by atoms with Crippen LogP contribution in [0.15, 0.2) is 24.3 Å². The van der Waals surface area contributed by atoms with Gasteiger partial charge < -0.3 is 9.64 Å². The number of anilines is 1. The summed E-state index contributed by atoms with van der Waals surface area (Å²) >= 11 is 0. The van der Waals surface area contributed by atoms with E-state index in [1.807, 2.05) is 24.3 Å². The molecule has 3 aliphatic rings. The number of fused-ring (bicyclic) bond motifs is 1. The van der Waals surface area contributed by atoms with Gasteiger partial charge in [-0.3, -0.25) is 4.57 Å². The summed E-state index contributed by atoms with van der Waals surface area (Å²) in [6.07, 6.45) is 7.89. The molecule has 0 bridgehead atoms. The lowest BCUT2D eigenvalue weighted by atomic mass is 9.82. The molecule has 0 N–H and O–H groups in total. The third kappa shape index (κ3) is 3.29. The molecule has 3 fully saturated rings. The van der Waals surface area contributed by atoms with Crippen LogP contribution in [0.5, 0.6) is 0 Å². The van der Waals surface area contributed by atoms with Crippen LogP contribution in [0, 0.1) is 23.2 Å². The highest BCUT2D eigenvalue weighted by atomic mass is 16.5. The van der Waals surface area contributed by atoms with Gasteiger partial charge in [-0.05, 0) is 61.8 Å². The van der Waals surface area contributed by atoms with E-state index in [4.69, 9.17) is 10.00 Å². The third-order valence-electron chi connectivity index (χ3n) is 6.67. The van der Waals surface area contributed by atoms with Crippen LogP contribution in [0.4, 0.5) is 5.95 Å². The fourth-order valence-electron chi connectivity index (χ4n) is 5.17. The zero-order valence-electron chi connectivity index (χ0n) is 16.3. The van der Waals surface area contributed by atoms with Gasteiger partial charge in [0.25, 0.3) is 0 Å². The molecule has 5 rings (SSSR count). The number of hydrogen-bond acceptors (Lipinski definition) is 5. The monoisotopic (exact) mass is 377 g/mol. The van der Waals surface area contributed by atoms with Gasteiger partial charge in [-0.1, -0.05) is 12.8 Å². The minimum absolute atomic E-state index is 0.233. The smallest absolute Gasteiger partial charge is 0.227 e. The molecule has 0 spiro atoms. The Kier molecular flexibility index (Phi) is 4.77. The topological polar surface area (TPSA) is 67.0 Å². The van der Waals surface area contributed by atoms with Crippen LogP contribution in [-0.2, 0) is 11.3 Å². The summed E-state index contributed by atoms with van der Waals surface area (Å²) in [5, 5.41) is 18.3. The fourth-order valence-corrected chi connectivity index (χ4v) is 5.17. The molecular weight excluding hydrogens is 350 g/mol. The molecule has 3 unspecified atom stereocenters. The summed E-state index contributed by atoms with van der Waals surface area (Å²) in [5.74, 6) is 3.48. The van der Waals surface area contributed by atoms with E-state index in [-0.39, 0.29) is 6.10 Å². The Morgan fingerprint density at radius 1 is 1.00 bits per heavy atom. The second-order valence-corrected chi connectivity index (χ2v) is 8.47. The Morgan fingerprint density at radius 3 is 2.39 bits per heavy atom. The summed E-state index contributed by atoms with van der Waals surface area (Å²) in [5.41, 5.74) is 1.67. The summed E-state index contributed by atoms with van der Waals surface area (Å²) in [6, 6.07) is 9.84. The van der Waals surface area contributed by atoms with E-state index in [0.29, 0.717) is 5.56 Å². The average Bonchev–Trinajstić information content (AvgIpc) is 3.48. The number of benzene rings is 1. The molecule has 2 aromatic rings. The molecule has 1 aromatic heterocycles. The Balaban J connectivity index is 1.47. The summed E-state index contributed by atoms with van der Waals surface area (Å²) in [7, 11) is 0. The molecule has 3 heterocycles. The van der Waals surface area contributed by atoms with E-state index in [2.05, 4.69) is 25.7 Å². The fraction of sp³-hybridized carbons (Fsp3) is 0.591. The number of nitriles is 1. The Labute approximate surface area is 166 Å². The highest BCUT2D eigenvalue weighted by Gasteiger charge is 2.37. The number of nitrogens with zero attached hydrogens (tertiary/aromatic N) is 5. The van der Waals surface area contributed by atoms with Gasteiger partial charge in [-0.2, -0.15) is 5.26 Å². The zero-order valence-corrected chi connectivity index (χ0v) is 16.3. The van der Waals surface area contributed by atoms with Crippen LogP contribution < -0.4 is 4.90 Å². The first-order valence-electron chi connectivity index (χ1n) is 10.6. The maximum Gasteiger partial charge on any atom is 0.227 e. The van der Waals surface area contributed by atoms with Crippen molar-refractivity contribution in [3.05, 3.63) is 29.8 Å². The van der Waals surface area contributed by atoms with Crippen LogP contribution in [0.1, 0.15) is 44.1 Å². The van der Waals surface area contributed by atoms with Crippen LogP contribution in [0.2, 0.25) is 0 Å². The minimum Gasteiger partial charge on any atom is -0.376 e. The Morgan fingerprint density at radius 2 is 1.75 bits per heavy atom. The van der Waals surface area contributed by atoms with Crippen molar-refractivity contribution in [1.29, 1.82) is 5.26 Å². The van der Waals surface area contributed by atoms with E-state index in [1.165, 1.54) is 25.7 Å². The molecule has 1 aromatic carbocycles. The van der Waals surface area contributed by atoms with Gasteiger partial charge in [-0.25, -0.2) is 0 Å². The number of aromatic nitrogens is 3. The van der Waals surface area contributed by atoms with Crippen molar-refractivity contribution in [3.63, 3.8) is 0 Å². The molecule has 6 heteroatoms. The van der Waals surface area contributed by atoms with Gasteiger partial charge in [-0.15, -0.1) is 10.2 Å². The molecule has 3 atom stereocenters. The molecule has 0 radical (unpaired) electrons. The third-order valence-corrected chi connectivity index (χ3v) is 6.67. The van der Waals surface area contributed by atoms with Crippen molar-refractivity contribution >= 4 is 5.95 Å². The maximum atomic E-state index is 9.09. The lowest BCUT2D eigenvalue weighted by Crippen LogP contribution is -2.26. The van der Waals surface area contributed by atoms with E-state index < -0.39 is 0 Å². The minimum atomic E-state index is 0.233. The van der Waals surface area contributed by atoms with Crippen molar-refractivity contribution in [2.45, 2.75) is 51.2 Å². The number of ether oxygens (including phenoxy) is 1. The maximum absolute atomic E-state index is 9.09. The van der Waals surface area contributed by atoms with E-state index in [9.17, 15) is 0 Å². The SMILES string of the molecule is N#Cc1ccc(-c2nnc(N3CC4CCCCC4C3)n2CC2CCCO2)cc1. The summed E-state index contributed by atoms with van der Waals surface area (Å²) in [4.78, 5) is 2.45. The molecular formula is C22H27N5O. The second-order valence-electron chi connectivity index (χ2n) is 8.47. The lowest BCUT2D eigenvalue weighted by Gasteiger charge is -2.22. The van der Waals surface area contributed by atoms with Gasteiger partial charge in [0.2, 0.25) is 5.95 Å². The highest BCUT2D eigenvalue weighted by molar-refractivity contribution is 5.59. The molecule has 146 valence electrons. The van der Waals surface area contributed by atoms with Gasteiger partial charge in [0, 0.05) is 25.3 Å². The normalized spacial score (nSPS) is 27.0. The van der Waals surface area contributed by atoms with Gasteiger partial charge in [0.15, 0.2) is 5.82 Å². The van der Waals surface area contributed by atoms with Gasteiger partial charge in [0.05, 0.1) is 24.3 Å². The lowest BCUT2D eigenvalue weighted by molar-refractivity contribution is 0.0975. The molecule has 0 amide bonds. The molecule has 1 aliphatic carbocycles. The van der Waals surface area contributed by atoms with Crippen molar-refractivity contribution in [2.75, 3.05) is 24.6 Å². The second kappa shape index (κ2) is 7.56. The molecule has 28 heavy (non-hydrogen) atoms. The highest BCUT2D eigenvalue weighted by Crippen LogP contribution is 2.38. The van der Waals surface area contributed by atoms with E-state index >= 15 is 0 Å². The van der Waals surface area contributed by atoms with Crippen LogP contribution in [-0.4, -0.2) is 40.6 Å². The van der Waals surface area contributed by atoms with E-state index in [1.54, 1.807) is 0 Å². The Bertz CT molecular complexity index is 848. The predicted octanol–water partition coefficient (Wildman–Crippen LogP) is 3.62. The average molecular weight is 377 g/mol. The first-order valence-corrected chi connectivity index (χ1v) is 10.6. The van der Waals surface area contributed by atoms with Gasteiger partial charge in [0.1, 0.15) is 0 Å². The Hall–Kier alpha value is -2.39. The largest absolute Gasteiger partial charge is 0.376 e. The van der Waals surface area contributed by atoms with Crippen LogP contribution >= 0.6 is 0 Å².